The number of carbonyl (C=O) groups excluding carboxylic acids is 2. The van der Waals surface area contributed by atoms with Gasteiger partial charge in [0, 0.05) is 13.6 Å². The molecule has 1 rings (SSSR count). The van der Waals surface area contributed by atoms with Crippen molar-refractivity contribution in [3.8, 4) is 5.75 Å². The highest BCUT2D eigenvalue weighted by Crippen LogP contribution is 2.18. The first-order valence-electron chi connectivity index (χ1n) is 6.44. The molecule has 1 atom stereocenters. The second kappa shape index (κ2) is 7.58. The Balaban J connectivity index is 2.67. The third kappa shape index (κ3) is 4.71. The van der Waals surface area contributed by atoms with Crippen molar-refractivity contribution in [2.24, 2.45) is 0 Å². The lowest BCUT2D eigenvalue weighted by Gasteiger charge is -2.23. The highest BCUT2D eigenvalue weighted by atomic mass is 19.1. The number of nitrogens with one attached hydrogen (secondary N) is 2. The molecule has 0 aliphatic carbocycles. The number of methoxy groups -OCH3 is 1. The average molecular weight is 297 g/mol. The van der Waals surface area contributed by atoms with Crippen molar-refractivity contribution in [3.63, 3.8) is 0 Å². The number of carbonyl (C=O) groups is 2. The summed E-state index contributed by atoms with van der Waals surface area (Å²) in [6.45, 7) is 2.03. The Morgan fingerprint density at radius 2 is 2.10 bits per heavy atom. The first-order chi connectivity index (χ1) is 9.88. The van der Waals surface area contributed by atoms with Gasteiger partial charge in [-0.15, -0.1) is 0 Å². The lowest BCUT2D eigenvalue weighted by Crippen LogP contribution is -2.47. The molecule has 0 radical (unpaired) electrons. The molecule has 0 aliphatic heterocycles. The molecule has 1 aromatic rings. The summed E-state index contributed by atoms with van der Waals surface area (Å²) in [5.74, 6) is -0.705. The molecule has 0 spiro atoms. The SMILES string of the molecule is CNC(=O)NC(=O)C(C)N(C)Cc1ccc(OC)c(F)c1. The number of hydrogen-bond acceptors (Lipinski definition) is 4. The molecule has 0 fully saturated rings. The third-order valence-electron chi connectivity index (χ3n) is 3.15. The van der Waals surface area contributed by atoms with E-state index >= 15 is 0 Å². The summed E-state index contributed by atoms with van der Waals surface area (Å²) in [6.07, 6.45) is 0. The lowest BCUT2D eigenvalue weighted by molar-refractivity contribution is -0.124. The van der Waals surface area contributed by atoms with E-state index in [0.29, 0.717) is 12.1 Å². The molecule has 1 aromatic carbocycles. The molecular formula is C14H20FN3O3. The monoisotopic (exact) mass is 297 g/mol. The van der Waals surface area contributed by atoms with E-state index in [9.17, 15) is 14.0 Å². The normalized spacial score (nSPS) is 11.9. The standard InChI is InChI=1S/C14H20FN3O3/c1-9(13(19)17-14(20)16-2)18(3)8-10-5-6-12(21-4)11(15)7-10/h5-7,9H,8H2,1-4H3,(H2,16,17,19,20). The molecule has 6 nitrogen and oxygen atoms in total. The zero-order chi connectivity index (χ0) is 16.0. The second-order valence-corrected chi connectivity index (χ2v) is 4.63. The predicted molar refractivity (Wildman–Crippen MR) is 76.5 cm³/mol. The molecule has 116 valence electrons. The number of urea groups is 1. The smallest absolute Gasteiger partial charge is 0.321 e. The minimum absolute atomic E-state index is 0.173. The van der Waals surface area contributed by atoms with Crippen molar-refractivity contribution >= 4 is 11.9 Å². The van der Waals surface area contributed by atoms with Gasteiger partial charge in [-0.1, -0.05) is 6.07 Å². The van der Waals surface area contributed by atoms with E-state index in [1.54, 1.807) is 24.9 Å². The highest BCUT2D eigenvalue weighted by Gasteiger charge is 2.20. The maximum Gasteiger partial charge on any atom is 0.321 e. The molecule has 0 bridgehead atoms. The molecular weight excluding hydrogens is 277 g/mol. The second-order valence-electron chi connectivity index (χ2n) is 4.63. The Hall–Kier alpha value is -2.15. The van der Waals surface area contributed by atoms with Gasteiger partial charge in [-0.25, -0.2) is 9.18 Å². The van der Waals surface area contributed by atoms with Crippen molar-refractivity contribution in [1.29, 1.82) is 0 Å². The summed E-state index contributed by atoms with van der Waals surface area (Å²) >= 11 is 0. The molecule has 2 N–H and O–H groups in total. The third-order valence-corrected chi connectivity index (χ3v) is 3.15. The predicted octanol–water partition coefficient (Wildman–Crippen LogP) is 1.11. The summed E-state index contributed by atoms with van der Waals surface area (Å²) < 4.78 is 18.5. The van der Waals surface area contributed by atoms with Crippen LogP contribution in [0.5, 0.6) is 5.75 Å². The fourth-order valence-electron chi connectivity index (χ4n) is 1.71. The van der Waals surface area contributed by atoms with Gasteiger partial charge in [0.25, 0.3) is 0 Å². The number of ether oxygens (including phenoxy) is 1. The van der Waals surface area contributed by atoms with Gasteiger partial charge in [-0.2, -0.15) is 0 Å². The maximum absolute atomic E-state index is 13.6. The number of likely N-dealkylation sites (N-methyl/N-ethyl adjacent to an activating group) is 1. The number of halogens is 1. The first kappa shape index (κ1) is 16.9. The van der Waals surface area contributed by atoms with Crippen LogP contribution < -0.4 is 15.4 Å². The summed E-state index contributed by atoms with van der Waals surface area (Å²) in [6, 6.07) is 3.53. The van der Waals surface area contributed by atoms with Crippen molar-refractivity contribution in [3.05, 3.63) is 29.6 Å². The van der Waals surface area contributed by atoms with E-state index in [-0.39, 0.29) is 5.75 Å². The molecule has 0 aliphatic rings. The fourth-order valence-corrected chi connectivity index (χ4v) is 1.71. The summed E-state index contributed by atoms with van der Waals surface area (Å²) in [4.78, 5) is 24.6. The highest BCUT2D eigenvalue weighted by molar-refractivity contribution is 5.96. The largest absolute Gasteiger partial charge is 0.494 e. The topological polar surface area (TPSA) is 70.7 Å². The van der Waals surface area contributed by atoms with Gasteiger partial charge in [0.05, 0.1) is 13.2 Å². The van der Waals surface area contributed by atoms with Crippen LogP contribution in [0.2, 0.25) is 0 Å². The Kier molecular flexibility index (Phi) is 6.10. The van der Waals surface area contributed by atoms with E-state index in [2.05, 4.69) is 10.6 Å². The first-order valence-corrected chi connectivity index (χ1v) is 6.44. The average Bonchev–Trinajstić information content (AvgIpc) is 2.46. The number of hydrogen-bond donors (Lipinski definition) is 2. The number of rotatable bonds is 5. The molecule has 0 heterocycles. The van der Waals surface area contributed by atoms with Crippen LogP contribution in [-0.2, 0) is 11.3 Å². The Morgan fingerprint density at radius 3 is 2.62 bits per heavy atom. The van der Waals surface area contributed by atoms with Crippen LogP contribution in [0.25, 0.3) is 0 Å². The van der Waals surface area contributed by atoms with E-state index < -0.39 is 23.8 Å². The van der Waals surface area contributed by atoms with Crippen LogP contribution in [0.1, 0.15) is 12.5 Å². The van der Waals surface area contributed by atoms with E-state index in [0.717, 1.165) is 0 Å². The minimum Gasteiger partial charge on any atom is -0.494 e. The van der Waals surface area contributed by atoms with Crippen LogP contribution in [0, 0.1) is 5.82 Å². The fraction of sp³-hybridized carbons (Fsp3) is 0.429. The van der Waals surface area contributed by atoms with Crippen LogP contribution >= 0.6 is 0 Å². The maximum atomic E-state index is 13.6. The number of benzene rings is 1. The van der Waals surface area contributed by atoms with Crippen molar-refractivity contribution < 1.29 is 18.7 Å². The van der Waals surface area contributed by atoms with Gasteiger partial charge in [0.2, 0.25) is 5.91 Å². The molecule has 21 heavy (non-hydrogen) atoms. The molecule has 3 amide bonds. The van der Waals surface area contributed by atoms with E-state index in [1.165, 1.54) is 26.3 Å². The lowest BCUT2D eigenvalue weighted by atomic mass is 10.1. The van der Waals surface area contributed by atoms with Gasteiger partial charge < -0.3 is 10.1 Å². The van der Waals surface area contributed by atoms with E-state index in [1.807, 2.05) is 0 Å². The number of nitrogens with zero attached hydrogens (tertiary/aromatic N) is 1. The number of amides is 3. The van der Waals surface area contributed by atoms with Crippen molar-refractivity contribution in [2.75, 3.05) is 21.2 Å². The summed E-state index contributed by atoms with van der Waals surface area (Å²) in [5, 5.41) is 4.51. The quantitative estimate of drug-likeness (QED) is 0.854. The van der Waals surface area contributed by atoms with Crippen LogP contribution in [0.15, 0.2) is 18.2 Å². The van der Waals surface area contributed by atoms with Gasteiger partial charge >= 0.3 is 6.03 Å². The molecule has 0 saturated carbocycles. The zero-order valence-corrected chi connectivity index (χ0v) is 12.6. The number of imide groups is 1. The summed E-state index contributed by atoms with van der Waals surface area (Å²) in [7, 11) is 4.54. The Morgan fingerprint density at radius 1 is 1.43 bits per heavy atom. The molecule has 7 heteroatoms. The van der Waals surface area contributed by atoms with Crippen molar-refractivity contribution in [1.82, 2.24) is 15.5 Å². The Bertz CT molecular complexity index is 522. The molecule has 1 unspecified atom stereocenters. The molecule has 0 saturated heterocycles. The molecule has 0 aromatic heterocycles. The van der Waals surface area contributed by atoms with E-state index in [4.69, 9.17) is 4.74 Å². The zero-order valence-electron chi connectivity index (χ0n) is 12.6. The van der Waals surface area contributed by atoms with Crippen LogP contribution in [0.3, 0.4) is 0 Å². The minimum atomic E-state index is -0.559. The van der Waals surface area contributed by atoms with Crippen LogP contribution in [-0.4, -0.2) is 44.1 Å². The van der Waals surface area contributed by atoms with Gasteiger partial charge in [0.1, 0.15) is 0 Å². The van der Waals surface area contributed by atoms with Gasteiger partial charge in [0.15, 0.2) is 11.6 Å². The Labute approximate surface area is 123 Å². The van der Waals surface area contributed by atoms with Crippen molar-refractivity contribution in [2.45, 2.75) is 19.5 Å². The van der Waals surface area contributed by atoms with Gasteiger partial charge in [-0.3, -0.25) is 15.0 Å². The van der Waals surface area contributed by atoms with Crippen LogP contribution in [0.4, 0.5) is 9.18 Å². The summed E-state index contributed by atoms with van der Waals surface area (Å²) in [5.41, 5.74) is 0.704. The van der Waals surface area contributed by atoms with Gasteiger partial charge in [-0.05, 0) is 31.7 Å².